The summed E-state index contributed by atoms with van der Waals surface area (Å²) in [7, 11) is -2.22. The van der Waals surface area contributed by atoms with E-state index >= 15 is 0 Å². The minimum Gasteiger partial charge on any atom is -0.350 e. The number of hydrogen-bond donors (Lipinski definition) is 1. The van der Waals surface area contributed by atoms with Gasteiger partial charge in [-0.2, -0.15) is 0 Å². The Morgan fingerprint density at radius 1 is 1.19 bits per heavy atom. The van der Waals surface area contributed by atoms with Crippen molar-refractivity contribution >= 4 is 33.2 Å². The van der Waals surface area contributed by atoms with Gasteiger partial charge in [0.05, 0.1) is 10.6 Å². The van der Waals surface area contributed by atoms with Crippen LogP contribution in [0.15, 0.2) is 47.4 Å². The highest BCUT2D eigenvalue weighted by molar-refractivity contribution is 7.92. The molecule has 1 N–H and O–H groups in total. The van der Waals surface area contributed by atoms with E-state index in [0.717, 1.165) is 12.8 Å². The SMILES string of the molecule is CCCC(C)NC(=O)c1ccc(N(C)S(=O)(=O)c2ccc(Cl)cc2)c(C)c1. The first kappa shape index (κ1) is 21.3. The lowest BCUT2D eigenvalue weighted by molar-refractivity contribution is 0.0938. The fraction of sp³-hybridized carbons (Fsp3) is 0.350. The van der Waals surface area contributed by atoms with Gasteiger partial charge >= 0.3 is 0 Å². The number of nitrogens with one attached hydrogen (secondary N) is 1. The number of sulfonamides is 1. The van der Waals surface area contributed by atoms with Crippen molar-refractivity contribution in [2.24, 2.45) is 0 Å². The van der Waals surface area contributed by atoms with Crippen LogP contribution < -0.4 is 9.62 Å². The largest absolute Gasteiger partial charge is 0.350 e. The second-order valence-corrected chi connectivity index (χ2v) is 9.00. The van der Waals surface area contributed by atoms with Gasteiger partial charge < -0.3 is 5.32 Å². The molecule has 0 fully saturated rings. The molecule has 0 heterocycles. The average molecular weight is 409 g/mol. The molecule has 2 aromatic rings. The molecule has 0 aliphatic rings. The summed E-state index contributed by atoms with van der Waals surface area (Å²) in [6.07, 6.45) is 1.90. The lowest BCUT2D eigenvalue weighted by Gasteiger charge is -2.22. The summed E-state index contributed by atoms with van der Waals surface area (Å²) in [6, 6.07) is 11.1. The van der Waals surface area contributed by atoms with Gasteiger partial charge in [0.1, 0.15) is 0 Å². The van der Waals surface area contributed by atoms with Gasteiger partial charge in [0.15, 0.2) is 0 Å². The number of carbonyl (C=O) groups is 1. The number of amides is 1. The van der Waals surface area contributed by atoms with Crippen molar-refractivity contribution in [1.29, 1.82) is 0 Å². The lowest BCUT2D eigenvalue weighted by atomic mass is 10.1. The van der Waals surface area contributed by atoms with Crippen molar-refractivity contribution in [2.45, 2.75) is 44.6 Å². The Morgan fingerprint density at radius 2 is 1.81 bits per heavy atom. The zero-order chi connectivity index (χ0) is 20.2. The Labute approximate surface area is 166 Å². The smallest absolute Gasteiger partial charge is 0.264 e. The van der Waals surface area contributed by atoms with Gasteiger partial charge in [-0.05, 0) is 68.3 Å². The number of aryl methyl sites for hydroxylation is 1. The maximum Gasteiger partial charge on any atom is 0.264 e. The molecule has 0 radical (unpaired) electrons. The summed E-state index contributed by atoms with van der Waals surface area (Å²) >= 11 is 5.84. The van der Waals surface area contributed by atoms with Crippen molar-refractivity contribution in [3.63, 3.8) is 0 Å². The van der Waals surface area contributed by atoms with E-state index in [4.69, 9.17) is 11.6 Å². The van der Waals surface area contributed by atoms with Crippen LogP contribution in [0.2, 0.25) is 5.02 Å². The predicted molar refractivity (Wildman–Crippen MR) is 110 cm³/mol. The molecular formula is C20H25ClN2O3S. The average Bonchev–Trinajstić information content (AvgIpc) is 2.61. The van der Waals surface area contributed by atoms with Crippen molar-refractivity contribution in [2.75, 3.05) is 11.4 Å². The lowest BCUT2D eigenvalue weighted by Crippen LogP contribution is -2.32. The first-order valence-electron chi connectivity index (χ1n) is 8.82. The molecule has 0 saturated heterocycles. The highest BCUT2D eigenvalue weighted by Crippen LogP contribution is 2.27. The van der Waals surface area contributed by atoms with Crippen molar-refractivity contribution in [3.8, 4) is 0 Å². The molecule has 0 aliphatic carbocycles. The van der Waals surface area contributed by atoms with Gasteiger partial charge in [-0.15, -0.1) is 0 Å². The van der Waals surface area contributed by atoms with Crippen LogP contribution in [0.25, 0.3) is 0 Å². The van der Waals surface area contributed by atoms with E-state index in [2.05, 4.69) is 12.2 Å². The Balaban J connectivity index is 2.26. The third kappa shape index (κ3) is 5.02. The second-order valence-electron chi connectivity index (χ2n) is 6.59. The number of benzene rings is 2. The summed E-state index contributed by atoms with van der Waals surface area (Å²) in [6.45, 7) is 5.82. The fourth-order valence-corrected chi connectivity index (χ4v) is 4.24. The summed E-state index contributed by atoms with van der Waals surface area (Å²) in [5.41, 5.74) is 1.73. The molecule has 0 aromatic heterocycles. The Morgan fingerprint density at radius 3 is 2.37 bits per heavy atom. The van der Waals surface area contributed by atoms with Crippen LogP contribution in [0, 0.1) is 6.92 Å². The minimum atomic E-state index is -3.72. The molecule has 0 aliphatic heterocycles. The molecule has 7 heteroatoms. The summed E-state index contributed by atoms with van der Waals surface area (Å²) in [5.74, 6) is -0.159. The van der Waals surface area contributed by atoms with Crippen LogP contribution >= 0.6 is 11.6 Å². The molecule has 27 heavy (non-hydrogen) atoms. The number of rotatable bonds is 7. The van der Waals surface area contributed by atoms with Gasteiger partial charge in [-0.1, -0.05) is 24.9 Å². The monoisotopic (exact) mass is 408 g/mol. The van der Waals surface area contributed by atoms with Crippen LogP contribution in [0.3, 0.4) is 0 Å². The summed E-state index contributed by atoms with van der Waals surface area (Å²) in [4.78, 5) is 12.5. The van der Waals surface area contributed by atoms with Crippen molar-refractivity contribution in [3.05, 3.63) is 58.6 Å². The van der Waals surface area contributed by atoms with E-state index in [1.807, 2.05) is 6.92 Å². The zero-order valence-electron chi connectivity index (χ0n) is 16.0. The highest BCUT2D eigenvalue weighted by atomic mass is 35.5. The van der Waals surface area contributed by atoms with Gasteiger partial charge in [0, 0.05) is 23.7 Å². The number of halogens is 1. The Hall–Kier alpha value is -2.05. The summed E-state index contributed by atoms with van der Waals surface area (Å²) in [5, 5.41) is 3.42. The van der Waals surface area contributed by atoms with Crippen LogP contribution in [-0.2, 0) is 10.0 Å². The number of anilines is 1. The Bertz CT molecular complexity index is 911. The molecule has 5 nitrogen and oxygen atoms in total. The molecule has 2 aromatic carbocycles. The van der Waals surface area contributed by atoms with E-state index in [1.54, 1.807) is 37.3 Å². The van der Waals surface area contributed by atoms with E-state index in [1.165, 1.54) is 23.5 Å². The van der Waals surface area contributed by atoms with E-state index in [0.29, 0.717) is 21.8 Å². The van der Waals surface area contributed by atoms with Gasteiger partial charge in [0.25, 0.3) is 15.9 Å². The normalized spacial score (nSPS) is 12.5. The topological polar surface area (TPSA) is 66.5 Å². The third-order valence-corrected chi connectivity index (χ3v) is 6.41. The van der Waals surface area contributed by atoms with Crippen LogP contribution in [0.5, 0.6) is 0 Å². The molecule has 0 spiro atoms. The van der Waals surface area contributed by atoms with Crippen LogP contribution in [0.1, 0.15) is 42.6 Å². The van der Waals surface area contributed by atoms with Crippen molar-refractivity contribution in [1.82, 2.24) is 5.32 Å². The van der Waals surface area contributed by atoms with Gasteiger partial charge in [0.2, 0.25) is 0 Å². The molecule has 1 atom stereocenters. The predicted octanol–water partition coefficient (Wildman–Crippen LogP) is 4.39. The standard InChI is InChI=1S/C20H25ClN2O3S/c1-5-6-15(3)22-20(24)16-7-12-19(14(2)13-16)23(4)27(25,26)18-10-8-17(21)9-11-18/h7-13,15H,5-6H2,1-4H3,(H,22,24). The van der Waals surface area contributed by atoms with Crippen LogP contribution in [0.4, 0.5) is 5.69 Å². The highest BCUT2D eigenvalue weighted by Gasteiger charge is 2.23. The van der Waals surface area contributed by atoms with E-state index in [-0.39, 0.29) is 16.8 Å². The maximum absolute atomic E-state index is 12.8. The zero-order valence-corrected chi connectivity index (χ0v) is 17.6. The van der Waals surface area contributed by atoms with E-state index < -0.39 is 10.0 Å². The van der Waals surface area contributed by atoms with Crippen LogP contribution in [-0.4, -0.2) is 27.4 Å². The first-order valence-corrected chi connectivity index (χ1v) is 10.6. The van der Waals surface area contributed by atoms with Gasteiger partial charge in [-0.3, -0.25) is 9.10 Å². The summed E-state index contributed by atoms with van der Waals surface area (Å²) < 4.78 is 26.9. The molecule has 146 valence electrons. The third-order valence-electron chi connectivity index (χ3n) is 4.37. The molecule has 0 bridgehead atoms. The first-order chi connectivity index (χ1) is 12.7. The maximum atomic E-state index is 12.8. The second kappa shape index (κ2) is 8.76. The molecule has 0 saturated carbocycles. The van der Waals surface area contributed by atoms with Gasteiger partial charge in [-0.25, -0.2) is 8.42 Å². The Kier molecular flexibility index (Phi) is 6.89. The fourth-order valence-electron chi connectivity index (χ4n) is 2.86. The van der Waals surface area contributed by atoms with E-state index in [9.17, 15) is 13.2 Å². The quantitative estimate of drug-likeness (QED) is 0.738. The minimum absolute atomic E-state index is 0.0930. The number of hydrogen-bond acceptors (Lipinski definition) is 3. The molecule has 2 rings (SSSR count). The molecular weight excluding hydrogens is 384 g/mol. The molecule has 1 unspecified atom stereocenters. The van der Waals surface area contributed by atoms with Crippen molar-refractivity contribution < 1.29 is 13.2 Å². The molecule has 1 amide bonds. The number of carbonyl (C=O) groups excluding carboxylic acids is 1. The number of nitrogens with zero attached hydrogens (tertiary/aromatic N) is 1.